The minimum absolute atomic E-state index is 0.0910. The summed E-state index contributed by atoms with van der Waals surface area (Å²) in [6.07, 6.45) is 0. The zero-order chi connectivity index (χ0) is 21.6. The molecule has 4 nitrogen and oxygen atoms in total. The Bertz CT molecular complexity index is 1030. The van der Waals surface area contributed by atoms with Gasteiger partial charge in [-0.3, -0.25) is 4.99 Å². The summed E-state index contributed by atoms with van der Waals surface area (Å²) in [5.41, 5.74) is 1.32. The van der Waals surface area contributed by atoms with Crippen LogP contribution in [-0.2, 0) is 10.3 Å². The lowest BCUT2D eigenvalue weighted by atomic mass is 9.77. The van der Waals surface area contributed by atoms with Gasteiger partial charge in [-0.2, -0.15) is 0 Å². The molecule has 0 radical (unpaired) electrons. The van der Waals surface area contributed by atoms with Crippen molar-refractivity contribution in [2.75, 3.05) is 6.61 Å². The van der Waals surface area contributed by atoms with Crippen LogP contribution in [-0.4, -0.2) is 24.0 Å². The molecule has 0 bridgehead atoms. The summed E-state index contributed by atoms with van der Waals surface area (Å²) in [5.74, 6) is -5.98. The molecule has 152 valence electrons. The van der Waals surface area contributed by atoms with E-state index in [0.717, 1.165) is 13.0 Å². The van der Waals surface area contributed by atoms with E-state index in [1.807, 2.05) is 0 Å². The topological polar surface area (TPSA) is 52.0 Å². The van der Waals surface area contributed by atoms with Crippen LogP contribution in [0.1, 0.15) is 26.3 Å². The Hall–Kier alpha value is -2.92. The van der Waals surface area contributed by atoms with Crippen molar-refractivity contribution < 1.29 is 22.3 Å². The van der Waals surface area contributed by atoms with Crippen LogP contribution in [0.5, 0.6) is 0 Å². The van der Waals surface area contributed by atoms with E-state index in [9.17, 15) is 8.78 Å². The maximum absolute atomic E-state index is 15.5. The van der Waals surface area contributed by atoms with E-state index >= 15 is 8.78 Å². The van der Waals surface area contributed by atoms with Crippen LogP contribution < -0.4 is 5.73 Å². The van der Waals surface area contributed by atoms with Crippen LogP contribution in [0.25, 0.3) is 16.0 Å². The number of hydrogen-bond acceptors (Lipinski definition) is 3. The number of rotatable bonds is 2. The van der Waals surface area contributed by atoms with E-state index in [4.69, 9.17) is 17.0 Å². The molecule has 2 N–H and O–H groups in total. The fraction of sp³-hybridized carbons (Fsp3) is 0.333. The van der Waals surface area contributed by atoms with Gasteiger partial charge in [-0.05, 0) is 32.4 Å². The normalized spacial score (nSPS) is 23.0. The highest BCUT2D eigenvalue weighted by atomic mass is 19.3. The second kappa shape index (κ2) is 6.85. The second-order valence-corrected chi connectivity index (χ2v) is 7.52. The van der Waals surface area contributed by atoms with Gasteiger partial charge in [-0.25, -0.2) is 22.4 Å². The molecule has 8 heteroatoms. The van der Waals surface area contributed by atoms with E-state index in [-0.39, 0.29) is 18.0 Å². The maximum Gasteiger partial charge on any atom is 0.304 e. The van der Waals surface area contributed by atoms with E-state index in [1.165, 1.54) is 38.1 Å². The van der Waals surface area contributed by atoms with Crippen LogP contribution >= 0.6 is 0 Å². The molecule has 1 aliphatic heterocycles. The molecular weight excluding hydrogens is 386 g/mol. The maximum atomic E-state index is 15.5. The summed E-state index contributed by atoms with van der Waals surface area (Å²) in [6.45, 7) is 10.0. The molecule has 0 unspecified atom stereocenters. The summed E-state index contributed by atoms with van der Waals surface area (Å²) in [6, 6.07) is 7.42. The zero-order valence-corrected chi connectivity index (χ0v) is 16.1. The molecule has 29 heavy (non-hydrogen) atoms. The molecule has 0 saturated heterocycles. The molecule has 0 aliphatic carbocycles. The molecule has 0 spiro atoms. The van der Waals surface area contributed by atoms with Crippen molar-refractivity contribution in [3.05, 3.63) is 65.0 Å². The molecular formula is C21H19F4N3O. The van der Waals surface area contributed by atoms with Gasteiger partial charge in [-0.1, -0.05) is 24.3 Å². The average molecular weight is 405 g/mol. The Balaban J connectivity index is 2.26. The smallest absolute Gasteiger partial charge is 0.304 e. The third-order valence-electron chi connectivity index (χ3n) is 5.20. The molecule has 0 amide bonds. The first-order valence-corrected chi connectivity index (χ1v) is 8.76. The Morgan fingerprint density at radius 3 is 2.28 bits per heavy atom. The molecule has 0 aromatic heterocycles. The first kappa shape index (κ1) is 20.8. The minimum atomic E-state index is -3.68. The SMILES string of the molecule is [C-]#[N+]c1ccc(-c2cc([C@@]3(C)N=C(N)COC(C)(C)C3(F)F)c(F)cc2F)cc1. The number of amidine groups is 1. The number of aliphatic imine (C=N–C) groups is 1. The number of alkyl halides is 2. The lowest BCUT2D eigenvalue weighted by molar-refractivity contribution is -0.214. The van der Waals surface area contributed by atoms with E-state index < -0.39 is 34.3 Å². The lowest BCUT2D eigenvalue weighted by Gasteiger charge is -2.42. The first-order chi connectivity index (χ1) is 13.4. The fourth-order valence-corrected chi connectivity index (χ4v) is 3.41. The second-order valence-electron chi connectivity index (χ2n) is 7.52. The average Bonchev–Trinajstić information content (AvgIpc) is 2.71. The Morgan fingerprint density at radius 1 is 1.07 bits per heavy atom. The Kier molecular flexibility index (Phi) is 4.91. The molecule has 0 saturated carbocycles. The van der Waals surface area contributed by atoms with Crippen molar-refractivity contribution in [3.63, 3.8) is 0 Å². The number of nitrogens with two attached hydrogens (primary N) is 1. The van der Waals surface area contributed by atoms with Gasteiger partial charge in [0.25, 0.3) is 0 Å². The molecule has 1 heterocycles. The lowest BCUT2D eigenvalue weighted by Crippen LogP contribution is -2.56. The number of ether oxygens (including phenoxy) is 1. The van der Waals surface area contributed by atoms with E-state index in [0.29, 0.717) is 17.3 Å². The summed E-state index contributed by atoms with van der Waals surface area (Å²) < 4.78 is 65.5. The molecule has 2 aromatic rings. The Labute approximate surface area is 165 Å². The highest BCUT2D eigenvalue weighted by Gasteiger charge is 2.64. The zero-order valence-electron chi connectivity index (χ0n) is 16.1. The van der Waals surface area contributed by atoms with Crippen molar-refractivity contribution in [1.29, 1.82) is 0 Å². The van der Waals surface area contributed by atoms with Crippen molar-refractivity contribution in [3.8, 4) is 11.1 Å². The molecule has 2 aromatic carbocycles. The summed E-state index contributed by atoms with van der Waals surface area (Å²) in [7, 11) is 0. The van der Waals surface area contributed by atoms with Crippen molar-refractivity contribution >= 4 is 11.5 Å². The highest BCUT2D eigenvalue weighted by molar-refractivity contribution is 5.82. The van der Waals surface area contributed by atoms with Crippen molar-refractivity contribution in [1.82, 2.24) is 0 Å². The van der Waals surface area contributed by atoms with Crippen LogP contribution in [0.15, 0.2) is 41.4 Å². The van der Waals surface area contributed by atoms with Gasteiger partial charge in [0.2, 0.25) is 0 Å². The van der Waals surface area contributed by atoms with Gasteiger partial charge in [-0.15, -0.1) is 0 Å². The van der Waals surface area contributed by atoms with Gasteiger partial charge in [0.15, 0.2) is 11.2 Å². The van der Waals surface area contributed by atoms with Crippen molar-refractivity contribution in [2.45, 2.75) is 37.8 Å². The first-order valence-electron chi connectivity index (χ1n) is 8.76. The molecule has 3 rings (SSSR count). The monoisotopic (exact) mass is 405 g/mol. The predicted molar refractivity (Wildman–Crippen MR) is 102 cm³/mol. The Morgan fingerprint density at radius 2 is 1.69 bits per heavy atom. The largest absolute Gasteiger partial charge is 0.385 e. The quantitative estimate of drug-likeness (QED) is 0.552. The number of nitrogens with zero attached hydrogens (tertiary/aromatic N) is 2. The number of benzene rings is 2. The molecule has 1 atom stereocenters. The van der Waals surface area contributed by atoms with Crippen LogP contribution in [0, 0.1) is 18.2 Å². The van der Waals surface area contributed by atoms with Crippen LogP contribution in [0.3, 0.4) is 0 Å². The van der Waals surface area contributed by atoms with E-state index in [2.05, 4.69) is 9.84 Å². The van der Waals surface area contributed by atoms with Crippen LogP contribution in [0.2, 0.25) is 0 Å². The van der Waals surface area contributed by atoms with Gasteiger partial charge >= 0.3 is 5.92 Å². The standard InChI is InChI=1S/C21H19F4N3O/c1-19(2)21(24,25)20(3,28-18(26)11-29-19)15-9-14(16(22)10-17(15)23)12-5-7-13(27-4)8-6-12/h5-10H,11H2,1-3H3,(H2,26,28)/t20-/m1/s1. The van der Waals surface area contributed by atoms with E-state index in [1.54, 1.807) is 0 Å². The number of halogens is 4. The third kappa shape index (κ3) is 3.25. The van der Waals surface area contributed by atoms with Gasteiger partial charge in [0.05, 0.1) is 6.57 Å². The summed E-state index contributed by atoms with van der Waals surface area (Å²) in [4.78, 5) is 7.15. The third-order valence-corrected chi connectivity index (χ3v) is 5.20. The van der Waals surface area contributed by atoms with Crippen LogP contribution in [0.4, 0.5) is 23.2 Å². The molecule has 0 fully saturated rings. The van der Waals surface area contributed by atoms with Gasteiger partial charge in [0, 0.05) is 17.2 Å². The minimum Gasteiger partial charge on any atom is -0.385 e. The summed E-state index contributed by atoms with van der Waals surface area (Å²) >= 11 is 0. The fourth-order valence-electron chi connectivity index (χ4n) is 3.41. The highest BCUT2D eigenvalue weighted by Crippen LogP contribution is 2.51. The molecule has 1 aliphatic rings. The van der Waals surface area contributed by atoms with Gasteiger partial charge in [0.1, 0.15) is 29.7 Å². The van der Waals surface area contributed by atoms with Crippen molar-refractivity contribution in [2.24, 2.45) is 10.7 Å². The predicted octanol–water partition coefficient (Wildman–Crippen LogP) is 5.20. The number of hydrogen-bond donors (Lipinski definition) is 1. The van der Waals surface area contributed by atoms with Gasteiger partial charge < -0.3 is 10.5 Å². The summed E-state index contributed by atoms with van der Waals surface area (Å²) in [5, 5.41) is 0.